The molecule has 37 heavy (non-hydrogen) atoms. The second-order valence-electron chi connectivity index (χ2n) is 7.35. The van der Waals surface area contributed by atoms with Crippen LogP contribution in [0, 0.1) is 3.57 Å². The third-order valence-electron chi connectivity index (χ3n) is 4.67. The Balaban J connectivity index is 1.85. The summed E-state index contributed by atoms with van der Waals surface area (Å²) in [6.45, 7) is 2.58. The van der Waals surface area contributed by atoms with E-state index >= 15 is 0 Å². The summed E-state index contributed by atoms with van der Waals surface area (Å²) in [6, 6.07) is 8.44. The molecule has 14 heteroatoms. The van der Waals surface area contributed by atoms with Crippen molar-refractivity contribution in [1.82, 2.24) is 4.90 Å². The number of nitrogens with one attached hydrogen (secondary N) is 1. The molecular weight excluding hydrogens is 639 g/mol. The molecule has 196 valence electrons. The number of anilines is 1. The highest BCUT2D eigenvalue weighted by Crippen LogP contribution is 2.38. The number of amides is 3. The molecule has 11 nitrogen and oxygen atoms in total. The summed E-state index contributed by atoms with van der Waals surface area (Å²) >= 11 is 2.53. The molecule has 0 saturated carbocycles. The number of ether oxygens (including phenoxy) is 2. The summed E-state index contributed by atoms with van der Waals surface area (Å²) in [7, 11) is -2.93. The van der Waals surface area contributed by atoms with Gasteiger partial charge in [-0.2, -0.15) is 8.42 Å². The zero-order chi connectivity index (χ0) is 27.3. The van der Waals surface area contributed by atoms with Crippen LogP contribution in [0.15, 0.2) is 46.2 Å². The average Bonchev–Trinajstić information content (AvgIpc) is 3.08. The third kappa shape index (κ3) is 7.01. The predicted molar refractivity (Wildman–Crippen MR) is 144 cm³/mol. The zero-order valence-corrected chi connectivity index (χ0v) is 23.6. The predicted octanol–water partition coefficient (Wildman–Crippen LogP) is 3.63. The Morgan fingerprint density at radius 2 is 1.84 bits per heavy atom. The summed E-state index contributed by atoms with van der Waals surface area (Å²) in [4.78, 5) is 48.5. The first-order valence-electron chi connectivity index (χ1n) is 10.6. The fraction of sp³-hybridized carbons (Fsp3) is 0.217. The van der Waals surface area contributed by atoms with E-state index in [9.17, 15) is 27.6 Å². The van der Waals surface area contributed by atoms with E-state index < -0.39 is 33.8 Å². The van der Waals surface area contributed by atoms with Gasteiger partial charge in [-0.15, -0.1) is 0 Å². The van der Waals surface area contributed by atoms with Crippen molar-refractivity contribution in [2.75, 3.05) is 25.6 Å². The van der Waals surface area contributed by atoms with Gasteiger partial charge < -0.3 is 19.0 Å². The first-order chi connectivity index (χ1) is 17.4. The maximum atomic E-state index is 12.9. The molecule has 0 unspecified atom stereocenters. The molecule has 0 aromatic heterocycles. The van der Waals surface area contributed by atoms with Gasteiger partial charge in [0, 0.05) is 12.6 Å². The minimum atomic E-state index is -4.25. The van der Waals surface area contributed by atoms with E-state index in [1.165, 1.54) is 50.4 Å². The smallest absolute Gasteiger partial charge is 0.339 e. The highest BCUT2D eigenvalue weighted by Gasteiger charge is 2.36. The molecule has 0 radical (unpaired) electrons. The maximum absolute atomic E-state index is 12.9. The van der Waals surface area contributed by atoms with Crippen LogP contribution in [0.4, 0.5) is 10.5 Å². The van der Waals surface area contributed by atoms with E-state index in [0.29, 0.717) is 26.6 Å². The van der Waals surface area contributed by atoms with E-state index in [0.717, 1.165) is 4.90 Å². The second kappa shape index (κ2) is 12.0. The summed E-state index contributed by atoms with van der Waals surface area (Å²) in [5, 5.41) is 1.94. The fourth-order valence-corrected chi connectivity index (χ4v) is 5.77. The molecule has 3 amide bonds. The van der Waals surface area contributed by atoms with Crippen LogP contribution in [0.3, 0.4) is 0 Å². The molecule has 1 fully saturated rings. The van der Waals surface area contributed by atoms with Crippen molar-refractivity contribution >= 4 is 79.3 Å². The van der Waals surface area contributed by atoms with Crippen LogP contribution in [-0.2, 0) is 29.2 Å². The number of nitrogens with zero attached hydrogens (tertiary/aromatic N) is 1. The van der Waals surface area contributed by atoms with Crippen LogP contribution in [0.1, 0.15) is 19.4 Å². The van der Waals surface area contributed by atoms with Gasteiger partial charge in [-0.1, -0.05) is 0 Å². The van der Waals surface area contributed by atoms with Gasteiger partial charge in [0.2, 0.25) is 5.91 Å². The van der Waals surface area contributed by atoms with E-state index in [1.807, 2.05) is 22.6 Å². The zero-order valence-electron chi connectivity index (χ0n) is 19.8. The summed E-state index contributed by atoms with van der Waals surface area (Å²) in [5.74, 6) is -1.64. The highest BCUT2D eigenvalue weighted by molar-refractivity contribution is 14.1. The lowest BCUT2D eigenvalue weighted by molar-refractivity contribution is -0.146. The monoisotopic (exact) mass is 660 g/mol. The minimum Gasteiger partial charge on any atom is -0.493 e. The van der Waals surface area contributed by atoms with Crippen LogP contribution in [0.25, 0.3) is 6.08 Å². The lowest BCUT2D eigenvalue weighted by Gasteiger charge is -2.14. The molecule has 3 rings (SSSR count). The largest absolute Gasteiger partial charge is 0.493 e. The Bertz CT molecular complexity index is 1390. The quantitative estimate of drug-likeness (QED) is 0.183. The molecule has 2 aromatic carbocycles. The third-order valence-corrected chi connectivity index (χ3v) is 7.62. The number of methoxy groups -OCH3 is 1. The summed E-state index contributed by atoms with van der Waals surface area (Å²) in [5.41, 5.74) is 0.863. The molecule has 0 spiro atoms. The first kappa shape index (κ1) is 28.5. The minimum absolute atomic E-state index is 0.0680. The number of rotatable bonds is 9. The molecule has 1 saturated heterocycles. The van der Waals surface area contributed by atoms with Crippen LogP contribution < -0.4 is 14.2 Å². The van der Waals surface area contributed by atoms with Crippen LogP contribution >= 0.6 is 34.4 Å². The number of thioether (sulfide) groups is 1. The molecule has 0 bridgehead atoms. The maximum Gasteiger partial charge on any atom is 0.339 e. The van der Waals surface area contributed by atoms with Crippen molar-refractivity contribution in [3.8, 4) is 11.5 Å². The Morgan fingerprint density at radius 1 is 1.16 bits per heavy atom. The number of hydrogen-bond donors (Lipinski definition) is 1. The Morgan fingerprint density at radius 3 is 2.43 bits per heavy atom. The normalized spacial score (nSPS) is 14.6. The van der Waals surface area contributed by atoms with Crippen molar-refractivity contribution < 1.29 is 41.3 Å². The van der Waals surface area contributed by atoms with Crippen molar-refractivity contribution in [3.05, 3.63) is 50.4 Å². The van der Waals surface area contributed by atoms with Crippen LogP contribution in [0.2, 0.25) is 0 Å². The lowest BCUT2D eigenvalue weighted by Crippen LogP contribution is -2.34. The Hall–Kier alpha value is -3.11. The van der Waals surface area contributed by atoms with Crippen molar-refractivity contribution in [2.24, 2.45) is 0 Å². The standard InChI is InChI=1S/C23H21IN2O9S2/c1-4-34-20(28)12-26-22(29)19(36-23(26)30)11-14-9-17(24)21(18(10-14)33-3)35-37(31,32)16-7-5-15(6-8-16)25-13(2)27/h5-11H,4,12H2,1-3H3,(H,25,27)/b19-11-. The molecule has 1 aliphatic rings. The molecule has 0 atom stereocenters. The number of carbonyl (C=O) groups excluding carboxylic acids is 4. The van der Waals surface area contributed by atoms with E-state index in [-0.39, 0.29) is 33.8 Å². The molecule has 2 aromatic rings. The van der Waals surface area contributed by atoms with Gasteiger partial charge in [0.15, 0.2) is 11.5 Å². The van der Waals surface area contributed by atoms with E-state index in [1.54, 1.807) is 13.0 Å². The fourth-order valence-electron chi connectivity index (χ4n) is 3.09. The van der Waals surface area contributed by atoms with Gasteiger partial charge in [-0.05, 0) is 89.3 Å². The van der Waals surface area contributed by atoms with Crippen molar-refractivity contribution in [3.63, 3.8) is 0 Å². The number of imide groups is 1. The van der Waals surface area contributed by atoms with Crippen molar-refractivity contribution in [2.45, 2.75) is 18.7 Å². The first-order valence-corrected chi connectivity index (χ1v) is 13.9. The van der Waals surface area contributed by atoms with Crippen LogP contribution in [0.5, 0.6) is 11.5 Å². The number of esters is 1. The molecule has 0 aliphatic carbocycles. The van der Waals surface area contributed by atoms with Crippen LogP contribution in [-0.4, -0.2) is 56.6 Å². The average molecular weight is 660 g/mol. The highest BCUT2D eigenvalue weighted by atomic mass is 127. The van der Waals surface area contributed by atoms with Gasteiger partial charge in [-0.3, -0.25) is 24.1 Å². The van der Waals surface area contributed by atoms with Crippen molar-refractivity contribution in [1.29, 1.82) is 0 Å². The van der Waals surface area contributed by atoms with Gasteiger partial charge in [-0.25, -0.2) is 0 Å². The summed E-state index contributed by atoms with van der Waals surface area (Å²) < 4.78 is 41.5. The molecule has 1 heterocycles. The van der Waals surface area contributed by atoms with Gasteiger partial charge >= 0.3 is 16.1 Å². The van der Waals surface area contributed by atoms with E-state index in [4.69, 9.17) is 13.7 Å². The molecular formula is C23H21IN2O9S2. The van der Waals surface area contributed by atoms with Gasteiger partial charge in [0.25, 0.3) is 11.1 Å². The molecule has 1 N–H and O–H groups in total. The van der Waals surface area contributed by atoms with Gasteiger partial charge in [0.1, 0.15) is 11.4 Å². The SMILES string of the molecule is CCOC(=O)CN1C(=O)S/C(=C\c2cc(I)c(OS(=O)(=O)c3ccc(NC(C)=O)cc3)c(OC)c2)C1=O. The number of carbonyl (C=O) groups is 4. The Kier molecular flexibility index (Phi) is 9.20. The second-order valence-corrected chi connectivity index (χ2v) is 11.1. The number of benzene rings is 2. The number of halogens is 1. The van der Waals surface area contributed by atoms with Gasteiger partial charge in [0.05, 0.1) is 22.2 Å². The summed E-state index contributed by atoms with van der Waals surface area (Å²) in [6.07, 6.45) is 1.43. The molecule has 1 aliphatic heterocycles. The Labute approximate surface area is 230 Å². The topological polar surface area (TPSA) is 145 Å². The lowest BCUT2D eigenvalue weighted by atomic mass is 10.2. The number of hydrogen-bond acceptors (Lipinski definition) is 10. The van der Waals surface area contributed by atoms with E-state index in [2.05, 4.69) is 5.32 Å².